The van der Waals surface area contributed by atoms with Gasteiger partial charge in [-0.2, -0.15) is 0 Å². The summed E-state index contributed by atoms with van der Waals surface area (Å²) in [6, 6.07) is 10.6. The molecule has 0 unspecified atom stereocenters. The zero-order chi connectivity index (χ0) is 18.9. The summed E-state index contributed by atoms with van der Waals surface area (Å²) in [6.45, 7) is 9.98. The molecule has 1 aliphatic heterocycles. The molecule has 0 bridgehead atoms. The molecule has 0 atom stereocenters. The lowest BCUT2D eigenvalue weighted by Gasteiger charge is -2.26. The Hall–Kier alpha value is -1.47. The van der Waals surface area contributed by atoms with E-state index >= 15 is 0 Å². The molecule has 1 heterocycles. The lowest BCUT2D eigenvalue weighted by Crippen LogP contribution is -2.14. The van der Waals surface area contributed by atoms with Crippen molar-refractivity contribution >= 4 is 17.3 Å². The van der Waals surface area contributed by atoms with Crippen LogP contribution >= 0.6 is 11.6 Å². The van der Waals surface area contributed by atoms with Gasteiger partial charge in [0.1, 0.15) is 0 Å². The van der Waals surface area contributed by atoms with Crippen molar-refractivity contribution in [2.45, 2.75) is 72.6 Å². The number of aryl methyl sites for hydroxylation is 2. The maximum Gasteiger partial charge on any atom is 0.0455 e. The summed E-state index contributed by atoms with van der Waals surface area (Å²) in [6.07, 6.45) is 8.74. The Morgan fingerprint density at radius 3 is 2.42 bits per heavy atom. The summed E-state index contributed by atoms with van der Waals surface area (Å²) in [4.78, 5) is 0. The van der Waals surface area contributed by atoms with Gasteiger partial charge in [-0.25, -0.2) is 0 Å². The van der Waals surface area contributed by atoms with Crippen molar-refractivity contribution in [1.29, 1.82) is 0 Å². The minimum Gasteiger partial charge on any atom is -0.384 e. The smallest absolute Gasteiger partial charge is 0.0455 e. The monoisotopic (exact) mass is 371 g/mol. The molecule has 1 aliphatic rings. The minimum absolute atomic E-state index is 0.806. The Balaban J connectivity index is 0.000000431. The standard InChI is InChI=1S/C19H22ClN.C5H12/c1-3-6-17-13(2)11-15-8-5-10-21-19(15)18(17)14-7-4-9-16(20)12-14;1-3-5-4-2/h4,7,9,11-12,21H,3,5-6,8,10H2,1-2H3;3-5H2,1-2H3. The second-order valence-electron chi connectivity index (χ2n) is 7.23. The van der Waals surface area contributed by atoms with Gasteiger partial charge in [0.15, 0.2) is 0 Å². The zero-order valence-corrected chi connectivity index (χ0v) is 17.7. The SMILES string of the molecule is CCCCC.CCCc1c(C)cc2c(c1-c1cccc(Cl)c1)NCCC2. The van der Waals surface area contributed by atoms with E-state index in [0.717, 1.165) is 24.4 Å². The van der Waals surface area contributed by atoms with Crippen LogP contribution in [0.3, 0.4) is 0 Å². The van der Waals surface area contributed by atoms with Gasteiger partial charge in [0.25, 0.3) is 0 Å². The van der Waals surface area contributed by atoms with Gasteiger partial charge in [-0.1, -0.05) is 76.3 Å². The molecule has 1 nitrogen and oxygen atoms in total. The van der Waals surface area contributed by atoms with Gasteiger partial charge in [-0.05, 0) is 60.6 Å². The molecule has 0 spiro atoms. The first kappa shape index (κ1) is 20.8. The van der Waals surface area contributed by atoms with Crippen molar-refractivity contribution < 1.29 is 0 Å². The highest BCUT2D eigenvalue weighted by Gasteiger charge is 2.19. The number of halogens is 1. The van der Waals surface area contributed by atoms with Gasteiger partial charge in [0, 0.05) is 22.8 Å². The van der Waals surface area contributed by atoms with Crippen molar-refractivity contribution in [3.63, 3.8) is 0 Å². The second kappa shape index (κ2) is 10.6. The van der Waals surface area contributed by atoms with Crippen molar-refractivity contribution in [2.24, 2.45) is 0 Å². The van der Waals surface area contributed by atoms with E-state index in [4.69, 9.17) is 11.6 Å². The van der Waals surface area contributed by atoms with E-state index in [0.29, 0.717) is 0 Å². The van der Waals surface area contributed by atoms with E-state index in [1.165, 1.54) is 65.6 Å². The van der Waals surface area contributed by atoms with Crippen LogP contribution in [0.5, 0.6) is 0 Å². The quantitative estimate of drug-likeness (QED) is 0.564. The number of unbranched alkanes of at least 4 members (excludes halogenated alkanes) is 2. The molecule has 3 rings (SSSR count). The third-order valence-corrected chi connectivity index (χ3v) is 5.22. The molecule has 0 aliphatic carbocycles. The molecule has 0 saturated heterocycles. The molecular formula is C24H34ClN. The maximum absolute atomic E-state index is 6.23. The summed E-state index contributed by atoms with van der Waals surface area (Å²) >= 11 is 6.23. The zero-order valence-electron chi connectivity index (χ0n) is 16.9. The molecule has 0 aromatic heterocycles. The third-order valence-electron chi connectivity index (χ3n) is 4.98. The van der Waals surface area contributed by atoms with Gasteiger partial charge in [-0.3, -0.25) is 0 Å². The first-order chi connectivity index (χ1) is 12.6. The molecule has 0 saturated carbocycles. The number of benzene rings is 2. The summed E-state index contributed by atoms with van der Waals surface area (Å²) in [5, 5.41) is 4.44. The average Bonchev–Trinajstić information content (AvgIpc) is 2.63. The van der Waals surface area contributed by atoms with Crippen LogP contribution in [0, 0.1) is 6.92 Å². The summed E-state index contributed by atoms with van der Waals surface area (Å²) in [7, 11) is 0. The van der Waals surface area contributed by atoms with Crippen LogP contribution < -0.4 is 5.32 Å². The van der Waals surface area contributed by atoms with Crippen LogP contribution in [0.1, 0.15) is 69.6 Å². The highest BCUT2D eigenvalue weighted by molar-refractivity contribution is 6.30. The Bertz CT molecular complexity index is 704. The Morgan fingerprint density at radius 1 is 1.04 bits per heavy atom. The fourth-order valence-corrected chi connectivity index (χ4v) is 3.90. The van der Waals surface area contributed by atoms with Crippen LogP contribution in [0.4, 0.5) is 5.69 Å². The molecule has 2 aromatic carbocycles. The number of rotatable bonds is 5. The summed E-state index contributed by atoms with van der Waals surface area (Å²) < 4.78 is 0. The number of fused-ring (bicyclic) bond motifs is 1. The topological polar surface area (TPSA) is 12.0 Å². The van der Waals surface area contributed by atoms with Crippen LogP contribution in [0.25, 0.3) is 11.1 Å². The third kappa shape index (κ3) is 5.27. The van der Waals surface area contributed by atoms with Crippen LogP contribution in [0.2, 0.25) is 5.02 Å². The number of nitrogens with one attached hydrogen (secondary N) is 1. The van der Waals surface area contributed by atoms with Crippen molar-refractivity contribution in [2.75, 3.05) is 11.9 Å². The molecule has 26 heavy (non-hydrogen) atoms. The van der Waals surface area contributed by atoms with E-state index in [1.54, 1.807) is 0 Å². The summed E-state index contributed by atoms with van der Waals surface area (Å²) in [5.41, 5.74) is 8.27. The summed E-state index contributed by atoms with van der Waals surface area (Å²) in [5.74, 6) is 0. The molecule has 1 N–H and O–H groups in total. The van der Waals surface area contributed by atoms with Gasteiger partial charge >= 0.3 is 0 Å². The lowest BCUT2D eigenvalue weighted by atomic mass is 9.86. The van der Waals surface area contributed by atoms with Gasteiger partial charge < -0.3 is 5.32 Å². The highest BCUT2D eigenvalue weighted by atomic mass is 35.5. The number of hydrogen-bond acceptors (Lipinski definition) is 1. The number of anilines is 1. The van der Waals surface area contributed by atoms with E-state index in [-0.39, 0.29) is 0 Å². The van der Waals surface area contributed by atoms with E-state index in [1.807, 2.05) is 12.1 Å². The highest BCUT2D eigenvalue weighted by Crippen LogP contribution is 2.40. The molecular weight excluding hydrogens is 338 g/mol. The lowest BCUT2D eigenvalue weighted by molar-refractivity contribution is 0.772. The van der Waals surface area contributed by atoms with E-state index < -0.39 is 0 Å². The molecule has 0 radical (unpaired) electrons. The van der Waals surface area contributed by atoms with Gasteiger partial charge in [0.05, 0.1) is 0 Å². The average molecular weight is 372 g/mol. The van der Waals surface area contributed by atoms with Crippen molar-refractivity contribution in [3.05, 3.63) is 52.0 Å². The molecule has 2 heteroatoms. The Kier molecular flexibility index (Phi) is 8.51. The van der Waals surface area contributed by atoms with E-state index in [9.17, 15) is 0 Å². The minimum atomic E-state index is 0.806. The number of hydrogen-bond donors (Lipinski definition) is 1. The van der Waals surface area contributed by atoms with Crippen molar-refractivity contribution in [1.82, 2.24) is 0 Å². The Morgan fingerprint density at radius 2 is 1.81 bits per heavy atom. The first-order valence-electron chi connectivity index (χ1n) is 10.3. The molecule has 2 aromatic rings. The van der Waals surface area contributed by atoms with Gasteiger partial charge in [-0.15, -0.1) is 0 Å². The second-order valence-corrected chi connectivity index (χ2v) is 7.66. The maximum atomic E-state index is 6.23. The largest absolute Gasteiger partial charge is 0.384 e. The molecule has 0 fully saturated rings. The van der Waals surface area contributed by atoms with Crippen molar-refractivity contribution in [3.8, 4) is 11.1 Å². The predicted octanol–water partition coefficient (Wildman–Crippen LogP) is 7.82. The van der Waals surface area contributed by atoms with Gasteiger partial charge in [0.2, 0.25) is 0 Å². The van der Waals surface area contributed by atoms with E-state index in [2.05, 4.69) is 51.2 Å². The predicted molar refractivity (Wildman–Crippen MR) is 118 cm³/mol. The first-order valence-corrected chi connectivity index (χ1v) is 10.6. The van der Waals surface area contributed by atoms with Crippen LogP contribution in [-0.2, 0) is 12.8 Å². The van der Waals surface area contributed by atoms with Crippen LogP contribution in [0.15, 0.2) is 30.3 Å². The Labute approximate surface area is 165 Å². The molecule has 0 amide bonds. The fraction of sp³-hybridized carbons (Fsp3) is 0.500. The fourth-order valence-electron chi connectivity index (χ4n) is 3.71. The molecule has 142 valence electrons. The van der Waals surface area contributed by atoms with Crippen LogP contribution in [-0.4, -0.2) is 6.54 Å². The normalized spacial score (nSPS) is 12.7.